The first kappa shape index (κ1) is 17.4. The summed E-state index contributed by atoms with van der Waals surface area (Å²) in [4.78, 5) is 27.0. The molecule has 128 valence electrons. The largest absolute Gasteiger partial charge is 0.419 e. The van der Waals surface area contributed by atoms with Crippen LogP contribution in [0, 0.1) is 12.7 Å². The van der Waals surface area contributed by atoms with Crippen molar-refractivity contribution in [3.8, 4) is 0 Å². The third-order valence-electron chi connectivity index (χ3n) is 2.71. The van der Waals surface area contributed by atoms with Crippen LogP contribution in [0.15, 0.2) is 22.7 Å². The van der Waals surface area contributed by atoms with Crippen molar-refractivity contribution in [3.63, 3.8) is 0 Å². The van der Waals surface area contributed by atoms with E-state index in [0.717, 1.165) is 6.07 Å². The Bertz CT molecular complexity index is 773. The third-order valence-corrected chi connectivity index (χ3v) is 2.71. The molecule has 0 aliphatic rings. The van der Waals surface area contributed by atoms with Crippen molar-refractivity contribution >= 4 is 17.5 Å². The number of nitrogens with zero attached hydrogens (tertiary/aromatic N) is 2. The van der Waals surface area contributed by atoms with Crippen LogP contribution < -0.4 is 10.6 Å². The van der Waals surface area contributed by atoms with Crippen molar-refractivity contribution < 1.29 is 31.7 Å². The van der Waals surface area contributed by atoms with Crippen LogP contribution in [0.4, 0.5) is 23.2 Å². The van der Waals surface area contributed by atoms with Gasteiger partial charge >= 0.3 is 18.0 Å². The molecule has 0 radical (unpaired) electrons. The van der Waals surface area contributed by atoms with Crippen LogP contribution in [0.5, 0.6) is 0 Å². The fraction of sp³-hybridized carbons (Fsp3) is 0.231. The van der Waals surface area contributed by atoms with E-state index in [9.17, 15) is 27.2 Å². The van der Waals surface area contributed by atoms with Gasteiger partial charge in [0.1, 0.15) is 5.82 Å². The summed E-state index contributed by atoms with van der Waals surface area (Å²) in [5.74, 6) is -3.48. The maximum atomic E-state index is 13.1. The molecule has 0 aliphatic carbocycles. The molecule has 11 heteroatoms. The SMILES string of the molecule is Cc1noc(CNC(=O)C(=O)Nc2ccc(F)c(C(F)(F)F)c2)n1. The van der Waals surface area contributed by atoms with Gasteiger partial charge < -0.3 is 15.2 Å². The molecule has 2 rings (SSSR count). The normalized spacial score (nSPS) is 11.2. The van der Waals surface area contributed by atoms with E-state index < -0.39 is 29.4 Å². The number of aryl methyl sites for hydroxylation is 1. The average Bonchev–Trinajstić information content (AvgIpc) is 2.91. The number of anilines is 1. The highest BCUT2D eigenvalue weighted by Gasteiger charge is 2.34. The molecule has 2 amide bonds. The van der Waals surface area contributed by atoms with Gasteiger partial charge in [-0.1, -0.05) is 5.16 Å². The highest BCUT2D eigenvalue weighted by atomic mass is 19.4. The number of benzene rings is 1. The minimum absolute atomic E-state index is 0.0507. The van der Waals surface area contributed by atoms with Crippen molar-refractivity contribution in [1.82, 2.24) is 15.5 Å². The molecule has 0 atom stereocenters. The lowest BCUT2D eigenvalue weighted by Crippen LogP contribution is -2.35. The summed E-state index contributed by atoms with van der Waals surface area (Å²) in [5.41, 5.74) is -1.93. The van der Waals surface area contributed by atoms with Gasteiger partial charge in [-0.05, 0) is 25.1 Å². The first-order chi connectivity index (χ1) is 11.2. The predicted molar refractivity (Wildman–Crippen MR) is 70.9 cm³/mol. The molecule has 0 unspecified atom stereocenters. The molecule has 2 N–H and O–H groups in total. The van der Waals surface area contributed by atoms with E-state index >= 15 is 0 Å². The minimum Gasteiger partial charge on any atom is -0.339 e. The Hall–Kier alpha value is -2.98. The van der Waals surface area contributed by atoms with Crippen LogP contribution in [0.1, 0.15) is 17.3 Å². The Kier molecular flexibility index (Phi) is 4.81. The smallest absolute Gasteiger partial charge is 0.339 e. The lowest BCUT2D eigenvalue weighted by Gasteiger charge is -2.10. The van der Waals surface area contributed by atoms with Crippen molar-refractivity contribution in [2.75, 3.05) is 5.32 Å². The van der Waals surface area contributed by atoms with E-state index in [1.165, 1.54) is 0 Å². The molecule has 0 spiro atoms. The van der Waals surface area contributed by atoms with Crippen LogP contribution in [0.25, 0.3) is 0 Å². The van der Waals surface area contributed by atoms with Crippen molar-refractivity contribution in [2.45, 2.75) is 19.6 Å². The summed E-state index contributed by atoms with van der Waals surface area (Å²) in [5, 5.41) is 7.55. The number of halogens is 4. The Morgan fingerprint density at radius 2 is 1.96 bits per heavy atom. The zero-order valence-corrected chi connectivity index (χ0v) is 12.1. The number of rotatable bonds is 3. The number of carbonyl (C=O) groups is 2. The topological polar surface area (TPSA) is 97.1 Å². The molecule has 0 saturated carbocycles. The minimum atomic E-state index is -4.93. The number of hydrogen-bond acceptors (Lipinski definition) is 5. The van der Waals surface area contributed by atoms with Gasteiger partial charge in [-0.15, -0.1) is 0 Å². The van der Waals surface area contributed by atoms with Gasteiger partial charge in [0.15, 0.2) is 5.82 Å². The highest BCUT2D eigenvalue weighted by molar-refractivity contribution is 6.39. The number of amides is 2. The zero-order chi connectivity index (χ0) is 17.9. The van der Waals surface area contributed by atoms with Crippen LogP contribution in [-0.4, -0.2) is 22.0 Å². The van der Waals surface area contributed by atoms with Gasteiger partial charge in [0.2, 0.25) is 5.89 Å². The number of hydrogen-bond donors (Lipinski definition) is 2. The highest BCUT2D eigenvalue weighted by Crippen LogP contribution is 2.32. The van der Waals surface area contributed by atoms with E-state index in [2.05, 4.69) is 15.5 Å². The average molecular weight is 346 g/mol. The monoisotopic (exact) mass is 346 g/mol. The zero-order valence-electron chi connectivity index (χ0n) is 12.1. The summed E-state index contributed by atoms with van der Waals surface area (Å²) >= 11 is 0. The summed E-state index contributed by atoms with van der Waals surface area (Å²) in [7, 11) is 0. The fourth-order valence-electron chi connectivity index (χ4n) is 1.66. The van der Waals surface area contributed by atoms with Crippen LogP contribution in [-0.2, 0) is 22.3 Å². The first-order valence-corrected chi connectivity index (χ1v) is 6.42. The molecule has 0 aliphatic heterocycles. The molecule has 0 bridgehead atoms. The van der Waals surface area contributed by atoms with Gasteiger partial charge in [-0.3, -0.25) is 9.59 Å². The van der Waals surface area contributed by atoms with Gasteiger partial charge in [-0.2, -0.15) is 18.2 Å². The van der Waals surface area contributed by atoms with Gasteiger partial charge in [-0.25, -0.2) is 4.39 Å². The van der Waals surface area contributed by atoms with E-state index in [1.54, 1.807) is 6.92 Å². The Morgan fingerprint density at radius 3 is 2.54 bits per heavy atom. The Balaban J connectivity index is 2.00. The van der Waals surface area contributed by atoms with Gasteiger partial charge in [0.25, 0.3) is 0 Å². The number of alkyl halides is 3. The third kappa shape index (κ3) is 4.27. The Morgan fingerprint density at radius 1 is 1.25 bits per heavy atom. The summed E-state index contributed by atoms with van der Waals surface area (Å²) < 4.78 is 55.6. The lowest BCUT2D eigenvalue weighted by molar-refractivity contribution is -0.140. The van der Waals surface area contributed by atoms with Crippen LogP contribution in [0.3, 0.4) is 0 Å². The fourth-order valence-corrected chi connectivity index (χ4v) is 1.66. The first-order valence-electron chi connectivity index (χ1n) is 6.42. The molecule has 1 aromatic carbocycles. The van der Waals surface area contributed by atoms with Crippen molar-refractivity contribution in [2.24, 2.45) is 0 Å². The molecular weight excluding hydrogens is 336 g/mol. The van der Waals surface area contributed by atoms with Crippen molar-refractivity contribution in [3.05, 3.63) is 41.3 Å². The maximum absolute atomic E-state index is 13.1. The van der Waals surface area contributed by atoms with E-state index in [0.29, 0.717) is 18.0 Å². The number of aromatic nitrogens is 2. The molecular formula is C13H10F4N4O3. The van der Waals surface area contributed by atoms with Crippen LogP contribution >= 0.6 is 0 Å². The molecule has 1 aromatic heterocycles. The number of nitrogens with one attached hydrogen (secondary N) is 2. The van der Waals surface area contributed by atoms with E-state index in [4.69, 9.17) is 4.52 Å². The van der Waals surface area contributed by atoms with Crippen molar-refractivity contribution in [1.29, 1.82) is 0 Å². The van der Waals surface area contributed by atoms with E-state index in [-0.39, 0.29) is 18.1 Å². The summed E-state index contributed by atoms with van der Waals surface area (Å²) in [6.45, 7) is 1.32. The standard InChI is InChI=1S/C13H10F4N4O3/c1-6-19-10(24-21-6)5-18-11(22)12(23)20-7-2-3-9(14)8(4-7)13(15,16)17/h2-4H,5H2,1H3,(H,18,22)(H,20,23). The molecule has 7 nitrogen and oxygen atoms in total. The summed E-state index contributed by atoms with van der Waals surface area (Å²) in [6.07, 6.45) is -4.93. The van der Waals surface area contributed by atoms with Gasteiger partial charge in [0, 0.05) is 5.69 Å². The maximum Gasteiger partial charge on any atom is 0.419 e. The van der Waals surface area contributed by atoms with E-state index in [1.807, 2.05) is 5.32 Å². The van der Waals surface area contributed by atoms with Crippen LogP contribution in [0.2, 0.25) is 0 Å². The molecule has 1 heterocycles. The number of carbonyl (C=O) groups excluding carboxylic acids is 2. The second kappa shape index (κ2) is 6.64. The van der Waals surface area contributed by atoms with Gasteiger partial charge in [0.05, 0.1) is 12.1 Å². The molecule has 24 heavy (non-hydrogen) atoms. The lowest BCUT2D eigenvalue weighted by atomic mass is 10.2. The Labute approximate surface area is 132 Å². The molecule has 2 aromatic rings. The second-order valence-corrected chi connectivity index (χ2v) is 4.56. The molecule has 0 saturated heterocycles. The summed E-state index contributed by atoms with van der Waals surface area (Å²) in [6, 6.07) is 1.83. The predicted octanol–water partition coefficient (Wildman–Crippen LogP) is 1.79. The second-order valence-electron chi connectivity index (χ2n) is 4.56. The quantitative estimate of drug-likeness (QED) is 0.652. The molecule has 0 fully saturated rings.